The number of carbonyl (C=O) groups is 1. The third-order valence-electron chi connectivity index (χ3n) is 4.71. The predicted octanol–water partition coefficient (Wildman–Crippen LogP) is 3.91. The summed E-state index contributed by atoms with van der Waals surface area (Å²) in [4.78, 5) is 21.0. The first-order chi connectivity index (χ1) is 13.4. The normalized spacial score (nSPS) is 14.8. The van der Waals surface area contributed by atoms with Crippen LogP contribution in [-0.2, 0) is 14.6 Å². The number of hydrogen-bond acceptors (Lipinski definition) is 6. The van der Waals surface area contributed by atoms with Gasteiger partial charge in [0.2, 0.25) is 0 Å². The van der Waals surface area contributed by atoms with Gasteiger partial charge in [0.15, 0.2) is 15.6 Å². The van der Waals surface area contributed by atoms with E-state index in [0.717, 1.165) is 40.6 Å². The molecule has 0 spiro atoms. The Labute approximate surface area is 163 Å². The molecular formula is C21H19N3O3S. The van der Waals surface area contributed by atoms with Gasteiger partial charge in [0.25, 0.3) is 0 Å². The van der Waals surface area contributed by atoms with Crippen LogP contribution in [0.15, 0.2) is 59.8 Å². The van der Waals surface area contributed by atoms with E-state index in [0.29, 0.717) is 12.2 Å². The lowest BCUT2D eigenvalue weighted by Crippen LogP contribution is -2.04. The number of sulfone groups is 1. The zero-order chi connectivity index (χ0) is 19.7. The van der Waals surface area contributed by atoms with Crippen LogP contribution in [0.2, 0.25) is 0 Å². The molecule has 1 aromatic carbocycles. The van der Waals surface area contributed by atoms with Gasteiger partial charge in [-0.3, -0.25) is 9.78 Å². The highest BCUT2D eigenvalue weighted by molar-refractivity contribution is 7.90. The number of pyridine rings is 2. The Bertz CT molecular complexity index is 1200. The average Bonchev–Trinajstić information content (AvgIpc) is 2.67. The van der Waals surface area contributed by atoms with E-state index in [2.05, 4.69) is 15.3 Å². The standard InChI is InChI=1S/C21H19N3O3S/c1-28(26,27)18-7-5-16(6-8-18)24-20-12-19-15(13-23-20)9-10-22-21(19)14-3-2-4-17(25)11-14/h5-13H,2-4H2,1H3,(H,23,24). The predicted molar refractivity (Wildman–Crippen MR) is 109 cm³/mol. The summed E-state index contributed by atoms with van der Waals surface area (Å²) in [7, 11) is -3.23. The van der Waals surface area contributed by atoms with Crippen LogP contribution in [0.1, 0.15) is 25.0 Å². The van der Waals surface area contributed by atoms with Crippen molar-refractivity contribution in [2.75, 3.05) is 11.6 Å². The fourth-order valence-corrected chi connectivity index (χ4v) is 3.93. The maximum Gasteiger partial charge on any atom is 0.175 e. The van der Waals surface area contributed by atoms with Crippen LogP contribution in [0.3, 0.4) is 0 Å². The van der Waals surface area contributed by atoms with Crippen molar-refractivity contribution < 1.29 is 13.2 Å². The summed E-state index contributed by atoms with van der Waals surface area (Å²) >= 11 is 0. The summed E-state index contributed by atoms with van der Waals surface area (Å²) in [5.74, 6) is 0.759. The molecule has 3 aromatic rings. The minimum atomic E-state index is -3.23. The highest BCUT2D eigenvalue weighted by Gasteiger charge is 2.15. The largest absolute Gasteiger partial charge is 0.340 e. The maximum absolute atomic E-state index is 11.8. The van der Waals surface area contributed by atoms with Crippen molar-refractivity contribution in [3.05, 3.63) is 60.6 Å². The van der Waals surface area contributed by atoms with E-state index >= 15 is 0 Å². The molecule has 0 fully saturated rings. The number of nitrogens with zero attached hydrogens (tertiary/aromatic N) is 2. The van der Waals surface area contributed by atoms with Gasteiger partial charge >= 0.3 is 0 Å². The van der Waals surface area contributed by atoms with E-state index in [9.17, 15) is 13.2 Å². The molecule has 4 rings (SSSR count). The molecule has 0 saturated carbocycles. The highest BCUT2D eigenvalue weighted by Crippen LogP contribution is 2.30. The van der Waals surface area contributed by atoms with Crippen molar-refractivity contribution in [2.45, 2.75) is 24.2 Å². The van der Waals surface area contributed by atoms with Crippen LogP contribution in [0.5, 0.6) is 0 Å². The molecule has 1 aliphatic carbocycles. The molecule has 6 nitrogen and oxygen atoms in total. The fraction of sp³-hybridized carbons (Fsp3) is 0.190. The van der Waals surface area contributed by atoms with Crippen LogP contribution >= 0.6 is 0 Å². The Hall–Kier alpha value is -3.06. The fourth-order valence-electron chi connectivity index (χ4n) is 3.30. The molecule has 0 radical (unpaired) electrons. The van der Waals surface area contributed by atoms with Crippen molar-refractivity contribution in [1.29, 1.82) is 0 Å². The molecule has 0 saturated heterocycles. The van der Waals surface area contributed by atoms with E-state index < -0.39 is 9.84 Å². The average molecular weight is 393 g/mol. The topological polar surface area (TPSA) is 89.0 Å². The smallest absolute Gasteiger partial charge is 0.175 e. The van der Waals surface area contributed by atoms with Crippen molar-refractivity contribution in [1.82, 2.24) is 9.97 Å². The molecule has 2 heterocycles. The number of fused-ring (bicyclic) bond motifs is 1. The van der Waals surface area contributed by atoms with Crippen molar-refractivity contribution >= 4 is 43.5 Å². The Kier molecular flexibility index (Phi) is 4.68. The lowest BCUT2D eigenvalue weighted by molar-refractivity contribution is -0.114. The van der Waals surface area contributed by atoms with Gasteiger partial charge in [0.1, 0.15) is 5.82 Å². The number of allylic oxidation sites excluding steroid dienone is 2. The second-order valence-electron chi connectivity index (χ2n) is 6.86. The molecule has 7 heteroatoms. The second-order valence-corrected chi connectivity index (χ2v) is 8.88. The number of hydrogen-bond donors (Lipinski definition) is 1. The molecule has 0 amide bonds. The molecule has 1 N–H and O–H groups in total. The lowest BCUT2D eigenvalue weighted by atomic mass is 9.94. The summed E-state index contributed by atoms with van der Waals surface area (Å²) in [5.41, 5.74) is 2.50. The SMILES string of the molecule is CS(=O)(=O)c1ccc(Nc2cc3c(C4=CC(=O)CCC4)nccc3cn2)cc1. The van der Waals surface area contributed by atoms with Crippen LogP contribution in [0.25, 0.3) is 16.3 Å². The first kappa shape index (κ1) is 18.3. The molecule has 28 heavy (non-hydrogen) atoms. The number of aromatic nitrogens is 2. The van der Waals surface area contributed by atoms with E-state index in [1.54, 1.807) is 42.7 Å². The quantitative estimate of drug-likeness (QED) is 0.723. The maximum atomic E-state index is 11.8. The van der Waals surface area contributed by atoms with Crippen LogP contribution in [0.4, 0.5) is 11.5 Å². The zero-order valence-corrected chi connectivity index (χ0v) is 16.2. The third kappa shape index (κ3) is 3.80. The minimum Gasteiger partial charge on any atom is -0.340 e. The summed E-state index contributed by atoms with van der Waals surface area (Å²) in [6.07, 6.45) is 8.63. The number of anilines is 2. The van der Waals surface area contributed by atoms with Gasteiger partial charge < -0.3 is 5.32 Å². The molecule has 0 unspecified atom stereocenters. The van der Waals surface area contributed by atoms with Crippen LogP contribution < -0.4 is 5.32 Å². The van der Waals surface area contributed by atoms with Gasteiger partial charge in [-0.15, -0.1) is 0 Å². The van der Waals surface area contributed by atoms with Gasteiger partial charge in [-0.2, -0.15) is 0 Å². The Balaban J connectivity index is 1.69. The molecule has 1 aliphatic rings. The summed E-state index contributed by atoms with van der Waals surface area (Å²) in [6.45, 7) is 0. The van der Waals surface area contributed by atoms with E-state index in [1.807, 2.05) is 12.1 Å². The molecule has 0 bridgehead atoms. The first-order valence-corrected chi connectivity index (χ1v) is 10.8. The number of rotatable bonds is 4. The summed E-state index contributed by atoms with van der Waals surface area (Å²) in [5, 5.41) is 5.06. The van der Waals surface area contributed by atoms with Gasteiger partial charge in [0, 0.05) is 41.5 Å². The highest BCUT2D eigenvalue weighted by atomic mass is 32.2. The number of nitrogens with one attached hydrogen (secondary N) is 1. The van der Waals surface area contributed by atoms with Gasteiger partial charge in [-0.05, 0) is 60.9 Å². The first-order valence-electron chi connectivity index (χ1n) is 8.96. The second kappa shape index (κ2) is 7.16. The van der Waals surface area contributed by atoms with Gasteiger partial charge in [-0.1, -0.05) is 0 Å². The Morgan fingerprint density at radius 3 is 2.54 bits per heavy atom. The number of carbonyl (C=O) groups excluding carboxylic acids is 1. The van der Waals surface area contributed by atoms with E-state index in [1.165, 1.54) is 6.26 Å². The van der Waals surface area contributed by atoms with Crippen molar-refractivity contribution in [3.8, 4) is 0 Å². The third-order valence-corrected chi connectivity index (χ3v) is 5.84. The summed E-state index contributed by atoms with van der Waals surface area (Å²) < 4.78 is 23.2. The minimum absolute atomic E-state index is 0.137. The van der Waals surface area contributed by atoms with Crippen LogP contribution in [-0.4, -0.2) is 30.4 Å². The zero-order valence-electron chi connectivity index (χ0n) is 15.3. The van der Waals surface area contributed by atoms with Gasteiger partial charge in [0.05, 0.1) is 10.6 Å². The molecule has 0 aliphatic heterocycles. The Morgan fingerprint density at radius 2 is 1.82 bits per heavy atom. The summed E-state index contributed by atoms with van der Waals surface area (Å²) in [6, 6.07) is 10.3. The van der Waals surface area contributed by atoms with E-state index in [-0.39, 0.29) is 10.7 Å². The molecular weight excluding hydrogens is 374 g/mol. The number of ketones is 1. The van der Waals surface area contributed by atoms with Crippen LogP contribution in [0, 0.1) is 0 Å². The van der Waals surface area contributed by atoms with Crippen molar-refractivity contribution in [3.63, 3.8) is 0 Å². The number of benzene rings is 1. The van der Waals surface area contributed by atoms with Crippen molar-refractivity contribution in [2.24, 2.45) is 0 Å². The Morgan fingerprint density at radius 1 is 1.04 bits per heavy atom. The molecule has 142 valence electrons. The lowest BCUT2D eigenvalue weighted by Gasteiger charge is -2.14. The van der Waals surface area contributed by atoms with E-state index in [4.69, 9.17) is 0 Å². The van der Waals surface area contributed by atoms with Gasteiger partial charge in [-0.25, -0.2) is 13.4 Å². The monoisotopic (exact) mass is 393 g/mol. The molecule has 0 atom stereocenters. The molecule has 2 aromatic heterocycles.